The molecule has 0 saturated carbocycles. The summed E-state index contributed by atoms with van der Waals surface area (Å²) in [4.78, 5) is 37.1. The van der Waals surface area contributed by atoms with Crippen LogP contribution in [-0.2, 0) is 16.1 Å². The van der Waals surface area contributed by atoms with Gasteiger partial charge in [-0.2, -0.15) is 11.8 Å². The molecule has 0 radical (unpaired) electrons. The fourth-order valence-electron chi connectivity index (χ4n) is 3.02. The molecule has 1 amide bonds. The van der Waals surface area contributed by atoms with Gasteiger partial charge in [-0.15, -0.1) is 0 Å². The number of esters is 1. The Bertz CT molecular complexity index is 1090. The first-order chi connectivity index (χ1) is 14.5. The molecule has 6 nitrogen and oxygen atoms in total. The molecule has 1 atom stereocenters. The molecule has 0 spiro atoms. The van der Waals surface area contributed by atoms with Crippen molar-refractivity contribution in [3.8, 4) is 0 Å². The zero-order valence-corrected chi connectivity index (χ0v) is 17.7. The summed E-state index contributed by atoms with van der Waals surface area (Å²) in [6, 6.07) is 14.8. The predicted octanol–water partition coefficient (Wildman–Crippen LogP) is 3.70. The predicted molar refractivity (Wildman–Crippen MR) is 118 cm³/mol. The largest absolute Gasteiger partial charge is 0.459 e. The van der Waals surface area contributed by atoms with Crippen molar-refractivity contribution in [2.45, 2.75) is 26.0 Å². The van der Waals surface area contributed by atoms with Crippen LogP contribution >= 0.6 is 11.8 Å². The second kappa shape index (κ2) is 10.1. The van der Waals surface area contributed by atoms with Gasteiger partial charge in [0, 0.05) is 22.6 Å². The molecule has 0 unspecified atom stereocenters. The molecule has 2 aromatic carbocycles. The number of fused-ring (bicyclic) bond motifs is 1. The van der Waals surface area contributed by atoms with E-state index in [1.165, 1.54) is 6.07 Å². The van der Waals surface area contributed by atoms with Gasteiger partial charge in [0.15, 0.2) is 0 Å². The van der Waals surface area contributed by atoms with Crippen LogP contribution in [0.3, 0.4) is 0 Å². The highest BCUT2D eigenvalue weighted by Crippen LogP contribution is 2.19. The topological polar surface area (TPSA) is 85.6 Å². The van der Waals surface area contributed by atoms with Crippen molar-refractivity contribution >= 4 is 34.6 Å². The summed E-state index contributed by atoms with van der Waals surface area (Å²) in [5.74, 6) is -0.187. The van der Waals surface area contributed by atoms with Crippen LogP contribution in [0.4, 0.5) is 0 Å². The van der Waals surface area contributed by atoms with E-state index in [2.05, 4.69) is 5.32 Å². The Morgan fingerprint density at radius 1 is 1.13 bits per heavy atom. The Balaban J connectivity index is 1.74. The summed E-state index contributed by atoms with van der Waals surface area (Å²) >= 11 is 1.58. The van der Waals surface area contributed by atoms with Gasteiger partial charge in [-0.25, -0.2) is 9.59 Å². The van der Waals surface area contributed by atoms with E-state index in [0.717, 1.165) is 5.56 Å². The number of carbonyl (C=O) groups is 2. The van der Waals surface area contributed by atoms with E-state index >= 15 is 0 Å². The minimum Gasteiger partial charge on any atom is -0.459 e. The Kier molecular flexibility index (Phi) is 7.30. The van der Waals surface area contributed by atoms with Crippen molar-refractivity contribution in [3.05, 3.63) is 81.7 Å². The monoisotopic (exact) mass is 425 g/mol. The maximum Gasteiger partial charge on any atom is 0.336 e. The number of amides is 1. The quantitative estimate of drug-likeness (QED) is 0.438. The number of rotatable bonds is 8. The molecule has 30 heavy (non-hydrogen) atoms. The lowest BCUT2D eigenvalue weighted by Gasteiger charge is -2.18. The molecule has 0 saturated heterocycles. The highest BCUT2D eigenvalue weighted by molar-refractivity contribution is 7.98. The summed E-state index contributed by atoms with van der Waals surface area (Å²) in [6.07, 6.45) is 2.37. The van der Waals surface area contributed by atoms with Crippen LogP contribution in [0.25, 0.3) is 11.0 Å². The maximum absolute atomic E-state index is 12.7. The second-order valence-corrected chi connectivity index (χ2v) is 7.86. The molecule has 1 aromatic heterocycles. The van der Waals surface area contributed by atoms with Crippen LogP contribution in [0, 0.1) is 6.92 Å². The van der Waals surface area contributed by atoms with Gasteiger partial charge in [0.2, 0.25) is 0 Å². The lowest BCUT2D eigenvalue weighted by molar-refractivity contribution is -0.147. The van der Waals surface area contributed by atoms with E-state index < -0.39 is 17.6 Å². The molecule has 0 bridgehead atoms. The van der Waals surface area contributed by atoms with E-state index in [0.29, 0.717) is 34.3 Å². The van der Waals surface area contributed by atoms with E-state index in [-0.39, 0.29) is 12.5 Å². The van der Waals surface area contributed by atoms with Crippen LogP contribution in [0.2, 0.25) is 0 Å². The van der Waals surface area contributed by atoms with Crippen LogP contribution in [0.15, 0.2) is 63.8 Å². The fourth-order valence-corrected chi connectivity index (χ4v) is 3.49. The summed E-state index contributed by atoms with van der Waals surface area (Å²) in [5.41, 5.74) is 1.94. The van der Waals surface area contributed by atoms with Crippen molar-refractivity contribution in [3.63, 3.8) is 0 Å². The van der Waals surface area contributed by atoms with Gasteiger partial charge in [0.05, 0.1) is 0 Å². The maximum atomic E-state index is 12.7. The van der Waals surface area contributed by atoms with Gasteiger partial charge >= 0.3 is 11.6 Å². The molecule has 1 N–H and O–H groups in total. The molecule has 1 heterocycles. The molecule has 0 aliphatic heterocycles. The van der Waals surface area contributed by atoms with E-state index in [1.807, 2.05) is 31.4 Å². The minimum atomic E-state index is -0.779. The van der Waals surface area contributed by atoms with Crippen molar-refractivity contribution in [1.29, 1.82) is 0 Å². The Labute approximate surface area is 178 Å². The zero-order valence-electron chi connectivity index (χ0n) is 16.8. The molecular formula is C23H23NO5S. The third-order valence-electron chi connectivity index (χ3n) is 4.59. The molecule has 156 valence electrons. The van der Waals surface area contributed by atoms with Gasteiger partial charge in [0.1, 0.15) is 18.2 Å². The molecule has 0 fully saturated rings. The van der Waals surface area contributed by atoms with Crippen LogP contribution in [0.5, 0.6) is 0 Å². The third kappa shape index (κ3) is 5.51. The highest BCUT2D eigenvalue weighted by atomic mass is 32.2. The van der Waals surface area contributed by atoms with Crippen molar-refractivity contribution in [2.24, 2.45) is 0 Å². The molecule has 7 heteroatoms. The summed E-state index contributed by atoms with van der Waals surface area (Å²) in [7, 11) is 0. The highest BCUT2D eigenvalue weighted by Gasteiger charge is 2.23. The van der Waals surface area contributed by atoms with Gasteiger partial charge in [-0.05, 0) is 49.1 Å². The van der Waals surface area contributed by atoms with E-state index in [1.54, 1.807) is 42.1 Å². The number of aryl methyl sites for hydroxylation is 1. The van der Waals surface area contributed by atoms with Crippen molar-refractivity contribution in [1.82, 2.24) is 5.32 Å². The molecular weight excluding hydrogens is 402 g/mol. The fraction of sp³-hybridized carbons (Fsp3) is 0.261. The van der Waals surface area contributed by atoms with Crippen molar-refractivity contribution < 1.29 is 18.7 Å². The summed E-state index contributed by atoms with van der Waals surface area (Å²) in [5, 5.41) is 3.46. The zero-order chi connectivity index (χ0) is 21.5. The van der Waals surface area contributed by atoms with E-state index in [4.69, 9.17) is 9.15 Å². The standard InChI is InChI=1S/C23H23NO5S/c1-15-8-9-18-17(13-21(25)29-20(18)12-15)14-28-23(27)19(10-11-30-2)24-22(26)16-6-4-3-5-7-16/h3-9,12-13,19H,10-11,14H2,1-2H3,(H,24,26)/t19-/m0/s1. The lowest BCUT2D eigenvalue weighted by Crippen LogP contribution is -2.42. The number of carbonyl (C=O) groups excluding carboxylic acids is 2. The molecule has 0 aliphatic rings. The first-order valence-electron chi connectivity index (χ1n) is 9.53. The number of hydrogen-bond donors (Lipinski definition) is 1. The number of ether oxygens (including phenoxy) is 1. The second-order valence-electron chi connectivity index (χ2n) is 6.87. The number of hydrogen-bond acceptors (Lipinski definition) is 6. The summed E-state index contributed by atoms with van der Waals surface area (Å²) in [6.45, 7) is 1.82. The number of thioether (sulfide) groups is 1. The first kappa shape index (κ1) is 21.6. The Hall–Kier alpha value is -3.06. The van der Waals surface area contributed by atoms with Crippen LogP contribution in [-0.4, -0.2) is 29.9 Å². The normalized spacial score (nSPS) is 11.8. The Morgan fingerprint density at radius 2 is 1.90 bits per heavy atom. The van der Waals surface area contributed by atoms with Gasteiger partial charge in [-0.3, -0.25) is 4.79 Å². The smallest absolute Gasteiger partial charge is 0.336 e. The average Bonchev–Trinajstić information content (AvgIpc) is 2.74. The SMILES string of the molecule is CSCC[C@H](NC(=O)c1ccccc1)C(=O)OCc1cc(=O)oc2cc(C)ccc12. The minimum absolute atomic E-state index is 0.0824. The molecule has 0 aliphatic carbocycles. The van der Waals surface area contributed by atoms with Gasteiger partial charge in [0.25, 0.3) is 5.91 Å². The third-order valence-corrected chi connectivity index (χ3v) is 5.24. The summed E-state index contributed by atoms with van der Waals surface area (Å²) < 4.78 is 10.7. The average molecular weight is 426 g/mol. The lowest BCUT2D eigenvalue weighted by atomic mass is 10.1. The van der Waals surface area contributed by atoms with Crippen LogP contribution < -0.4 is 10.9 Å². The Morgan fingerprint density at radius 3 is 2.63 bits per heavy atom. The number of benzene rings is 2. The molecule has 3 aromatic rings. The number of nitrogens with one attached hydrogen (secondary N) is 1. The van der Waals surface area contributed by atoms with E-state index in [9.17, 15) is 14.4 Å². The van der Waals surface area contributed by atoms with Gasteiger partial charge in [-0.1, -0.05) is 30.3 Å². The first-order valence-corrected chi connectivity index (χ1v) is 10.9. The molecule has 3 rings (SSSR count). The van der Waals surface area contributed by atoms with Gasteiger partial charge < -0.3 is 14.5 Å². The van der Waals surface area contributed by atoms with Crippen molar-refractivity contribution in [2.75, 3.05) is 12.0 Å². The van der Waals surface area contributed by atoms with Crippen LogP contribution in [0.1, 0.15) is 27.9 Å².